The molecule has 1 N–H and O–H groups in total. The molecule has 9 heteroatoms. The molecule has 160 valence electrons. The summed E-state index contributed by atoms with van der Waals surface area (Å²) in [5, 5.41) is 3.17. The summed E-state index contributed by atoms with van der Waals surface area (Å²) in [4.78, 5) is 26.2. The van der Waals surface area contributed by atoms with Gasteiger partial charge in [-0.15, -0.1) is 0 Å². The van der Waals surface area contributed by atoms with E-state index in [1.54, 1.807) is 47.4 Å². The third-order valence-corrected chi connectivity index (χ3v) is 6.50. The number of nitrogens with zero attached hydrogens (tertiary/aromatic N) is 2. The third kappa shape index (κ3) is 5.38. The second kappa shape index (κ2) is 9.16. The summed E-state index contributed by atoms with van der Waals surface area (Å²) < 4.78 is 25.4. The van der Waals surface area contributed by atoms with Crippen LogP contribution in [0.3, 0.4) is 0 Å². The van der Waals surface area contributed by atoms with E-state index in [-0.39, 0.29) is 19.0 Å². The van der Waals surface area contributed by atoms with Crippen molar-refractivity contribution in [1.29, 1.82) is 0 Å². The van der Waals surface area contributed by atoms with Crippen LogP contribution in [0.1, 0.15) is 24.0 Å². The van der Waals surface area contributed by atoms with Crippen LogP contribution in [-0.2, 0) is 26.2 Å². The molecule has 1 aliphatic heterocycles. The average Bonchev–Trinajstić information content (AvgIpc) is 3.08. The predicted octanol–water partition coefficient (Wildman–Crippen LogP) is 3.18. The molecule has 0 saturated carbocycles. The molecule has 1 fully saturated rings. The van der Waals surface area contributed by atoms with Crippen molar-refractivity contribution in [2.45, 2.75) is 26.3 Å². The van der Waals surface area contributed by atoms with Crippen LogP contribution in [0.4, 0.5) is 11.4 Å². The summed E-state index contributed by atoms with van der Waals surface area (Å²) in [5.41, 5.74) is 2.85. The number of carbonyl (C=O) groups is 2. The number of hydrogen-bond donors (Lipinski definition) is 1. The Morgan fingerprint density at radius 3 is 2.57 bits per heavy atom. The molecule has 30 heavy (non-hydrogen) atoms. The second-order valence-corrected chi connectivity index (χ2v) is 9.71. The Kier molecular flexibility index (Phi) is 6.80. The fraction of sp³-hybridized carbons (Fsp3) is 0.333. The van der Waals surface area contributed by atoms with E-state index in [4.69, 9.17) is 11.6 Å². The molecule has 1 heterocycles. The summed E-state index contributed by atoms with van der Waals surface area (Å²) in [7, 11) is -3.63. The Morgan fingerprint density at radius 1 is 1.23 bits per heavy atom. The maximum absolute atomic E-state index is 12.5. The number of rotatable bonds is 7. The molecule has 0 aliphatic carbocycles. The minimum absolute atomic E-state index is 0.000956. The molecule has 3 rings (SSSR count). The van der Waals surface area contributed by atoms with Crippen molar-refractivity contribution in [1.82, 2.24) is 4.31 Å². The van der Waals surface area contributed by atoms with Crippen LogP contribution in [0.2, 0.25) is 5.02 Å². The number of halogens is 1. The van der Waals surface area contributed by atoms with Gasteiger partial charge >= 0.3 is 0 Å². The largest absolute Gasteiger partial charge is 0.325 e. The van der Waals surface area contributed by atoms with Gasteiger partial charge in [0.15, 0.2) is 0 Å². The van der Waals surface area contributed by atoms with Crippen molar-refractivity contribution >= 4 is 44.8 Å². The van der Waals surface area contributed by atoms with E-state index in [0.29, 0.717) is 29.2 Å². The smallest absolute Gasteiger partial charge is 0.239 e. The molecule has 1 aliphatic rings. The van der Waals surface area contributed by atoms with Crippen LogP contribution in [-0.4, -0.2) is 43.9 Å². The van der Waals surface area contributed by atoms with E-state index in [1.165, 1.54) is 0 Å². The monoisotopic (exact) mass is 449 g/mol. The van der Waals surface area contributed by atoms with Crippen LogP contribution < -0.4 is 10.2 Å². The fourth-order valence-electron chi connectivity index (χ4n) is 3.41. The average molecular weight is 450 g/mol. The number of carbonyl (C=O) groups excluding carboxylic acids is 2. The van der Waals surface area contributed by atoms with Gasteiger partial charge < -0.3 is 10.2 Å². The molecule has 1 saturated heterocycles. The zero-order chi connectivity index (χ0) is 21.9. The van der Waals surface area contributed by atoms with Gasteiger partial charge in [-0.25, -0.2) is 8.42 Å². The SMILES string of the molecule is Cc1cc(NC(=O)CN(Cc2ccccc2Cl)S(C)(=O)=O)ccc1N1CCCC1=O. The quantitative estimate of drug-likeness (QED) is 0.703. The number of nitrogens with one attached hydrogen (secondary N) is 1. The lowest BCUT2D eigenvalue weighted by Gasteiger charge is -2.21. The number of aryl methyl sites for hydroxylation is 1. The Morgan fingerprint density at radius 2 is 1.97 bits per heavy atom. The second-order valence-electron chi connectivity index (χ2n) is 7.32. The van der Waals surface area contributed by atoms with Crippen molar-refractivity contribution in [3.05, 3.63) is 58.6 Å². The Bertz CT molecular complexity index is 1070. The molecule has 0 atom stereocenters. The molecule has 2 aromatic carbocycles. The van der Waals surface area contributed by atoms with Crippen LogP contribution in [0.15, 0.2) is 42.5 Å². The first-order chi connectivity index (χ1) is 14.1. The Hall–Kier alpha value is -2.42. The summed E-state index contributed by atoms with van der Waals surface area (Å²) in [6, 6.07) is 12.2. The summed E-state index contributed by atoms with van der Waals surface area (Å²) in [6.45, 7) is 2.23. The van der Waals surface area contributed by atoms with E-state index in [2.05, 4.69) is 5.32 Å². The highest BCUT2D eigenvalue weighted by atomic mass is 35.5. The first-order valence-corrected chi connectivity index (χ1v) is 11.8. The van der Waals surface area contributed by atoms with Crippen LogP contribution in [0, 0.1) is 6.92 Å². The van der Waals surface area contributed by atoms with Gasteiger partial charge in [-0.3, -0.25) is 9.59 Å². The zero-order valence-electron chi connectivity index (χ0n) is 16.9. The first kappa shape index (κ1) is 22.3. The van der Waals surface area contributed by atoms with E-state index in [0.717, 1.165) is 28.2 Å². The number of anilines is 2. The van der Waals surface area contributed by atoms with Crippen molar-refractivity contribution in [3.63, 3.8) is 0 Å². The van der Waals surface area contributed by atoms with Crippen molar-refractivity contribution in [3.8, 4) is 0 Å². The molecular formula is C21H24ClN3O4S. The van der Waals surface area contributed by atoms with Crippen molar-refractivity contribution in [2.75, 3.05) is 29.6 Å². The first-order valence-electron chi connectivity index (χ1n) is 9.54. The third-order valence-electron chi connectivity index (χ3n) is 4.94. The number of sulfonamides is 1. The summed E-state index contributed by atoms with van der Waals surface area (Å²) >= 11 is 6.13. The van der Waals surface area contributed by atoms with Gasteiger partial charge in [0.2, 0.25) is 21.8 Å². The van der Waals surface area contributed by atoms with Gasteiger partial charge in [0.1, 0.15) is 0 Å². The molecule has 0 aromatic heterocycles. The van der Waals surface area contributed by atoms with Crippen molar-refractivity contribution in [2.24, 2.45) is 0 Å². The minimum atomic E-state index is -3.63. The van der Waals surface area contributed by atoms with Gasteiger partial charge in [0.25, 0.3) is 0 Å². The lowest BCUT2D eigenvalue weighted by Crippen LogP contribution is -2.37. The van der Waals surface area contributed by atoms with Crippen LogP contribution in [0.25, 0.3) is 0 Å². The summed E-state index contributed by atoms with van der Waals surface area (Å²) in [6.07, 6.45) is 2.44. The fourth-order valence-corrected chi connectivity index (χ4v) is 4.33. The molecule has 0 spiro atoms. The molecule has 0 unspecified atom stereocenters. The lowest BCUT2D eigenvalue weighted by atomic mass is 10.1. The highest BCUT2D eigenvalue weighted by Crippen LogP contribution is 2.27. The normalized spacial score (nSPS) is 14.4. The van der Waals surface area contributed by atoms with Crippen LogP contribution >= 0.6 is 11.6 Å². The van der Waals surface area contributed by atoms with E-state index >= 15 is 0 Å². The maximum Gasteiger partial charge on any atom is 0.239 e. The van der Waals surface area contributed by atoms with E-state index < -0.39 is 15.9 Å². The Labute approximate surface area is 181 Å². The molecule has 0 bridgehead atoms. The predicted molar refractivity (Wildman–Crippen MR) is 118 cm³/mol. The van der Waals surface area contributed by atoms with Gasteiger partial charge in [-0.1, -0.05) is 29.8 Å². The van der Waals surface area contributed by atoms with Crippen molar-refractivity contribution < 1.29 is 18.0 Å². The van der Waals surface area contributed by atoms with Gasteiger partial charge in [-0.05, 0) is 48.7 Å². The van der Waals surface area contributed by atoms with Gasteiger partial charge in [0.05, 0.1) is 12.8 Å². The summed E-state index contributed by atoms with van der Waals surface area (Å²) in [5.74, 6) is -0.366. The molecule has 0 radical (unpaired) electrons. The minimum Gasteiger partial charge on any atom is -0.325 e. The lowest BCUT2D eigenvalue weighted by molar-refractivity contribution is -0.117. The Balaban J connectivity index is 1.70. The molecule has 7 nitrogen and oxygen atoms in total. The number of benzene rings is 2. The van der Waals surface area contributed by atoms with E-state index in [1.807, 2.05) is 6.92 Å². The molecular weight excluding hydrogens is 426 g/mol. The van der Waals surface area contributed by atoms with Crippen LogP contribution in [0.5, 0.6) is 0 Å². The highest BCUT2D eigenvalue weighted by molar-refractivity contribution is 7.88. The molecule has 2 aromatic rings. The standard InChI is InChI=1S/C21H24ClN3O4S/c1-15-12-17(9-10-19(15)25-11-5-8-21(25)27)23-20(26)14-24(30(2,28)29)13-16-6-3-4-7-18(16)22/h3-4,6-7,9-10,12H,5,8,11,13-14H2,1-2H3,(H,23,26). The number of hydrogen-bond acceptors (Lipinski definition) is 4. The molecule has 2 amide bonds. The zero-order valence-corrected chi connectivity index (χ0v) is 18.5. The number of amides is 2. The highest BCUT2D eigenvalue weighted by Gasteiger charge is 2.24. The van der Waals surface area contributed by atoms with Gasteiger partial charge in [-0.2, -0.15) is 4.31 Å². The maximum atomic E-state index is 12.5. The van der Waals surface area contributed by atoms with E-state index in [9.17, 15) is 18.0 Å². The topological polar surface area (TPSA) is 86.8 Å². The van der Waals surface area contributed by atoms with Gasteiger partial charge in [0, 0.05) is 35.9 Å².